The van der Waals surface area contributed by atoms with Crippen LogP contribution in [0, 0.1) is 6.92 Å². The van der Waals surface area contributed by atoms with Gasteiger partial charge in [-0.1, -0.05) is 30.7 Å². The molecule has 1 amide bonds. The first-order valence-corrected chi connectivity index (χ1v) is 10.3. The van der Waals surface area contributed by atoms with E-state index in [2.05, 4.69) is 17.3 Å². The second-order valence-electron chi connectivity index (χ2n) is 7.31. The summed E-state index contributed by atoms with van der Waals surface area (Å²) in [5.41, 5.74) is 3.68. The molecule has 2 aromatic carbocycles. The number of methoxy groups -OCH3 is 1. The number of nitrogens with zero attached hydrogens (tertiary/aromatic N) is 2. The van der Waals surface area contributed by atoms with Crippen LogP contribution in [0.15, 0.2) is 42.6 Å². The maximum absolute atomic E-state index is 12.6. The number of benzene rings is 2. The molecule has 1 atom stereocenters. The Morgan fingerprint density at radius 3 is 2.87 bits per heavy atom. The second kappa shape index (κ2) is 8.40. The van der Waals surface area contributed by atoms with E-state index in [0.29, 0.717) is 35.4 Å². The molecule has 0 aliphatic carbocycles. The van der Waals surface area contributed by atoms with Crippen LogP contribution < -0.4 is 14.8 Å². The van der Waals surface area contributed by atoms with Gasteiger partial charge in [0, 0.05) is 22.9 Å². The average Bonchev–Trinajstić information content (AvgIpc) is 3.17. The minimum Gasteiger partial charge on any atom is -0.493 e. The molecule has 6 nitrogen and oxygen atoms in total. The van der Waals surface area contributed by atoms with Crippen LogP contribution in [0.2, 0.25) is 5.02 Å². The highest BCUT2D eigenvalue weighted by atomic mass is 35.5. The molecule has 1 aromatic heterocycles. The number of rotatable bonds is 6. The second-order valence-corrected chi connectivity index (χ2v) is 7.72. The molecule has 1 aliphatic heterocycles. The van der Waals surface area contributed by atoms with E-state index < -0.39 is 0 Å². The molecule has 0 radical (unpaired) electrons. The molecule has 0 fully saturated rings. The Bertz CT molecular complexity index is 1090. The summed E-state index contributed by atoms with van der Waals surface area (Å²) in [4.78, 5) is 12.6. The van der Waals surface area contributed by atoms with E-state index in [1.165, 1.54) is 0 Å². The average molecular weight is 426 g/mol. The topological polar surface area (TPSA) is 65.4 Å². The molecule has 1 N–H and O–H groups in total. The highest BCUT2D eigenvalue weighted by Gasteiger charge is 2.31. The Hall–Kier alpha value is -2.99. The van der Waals surface area contributed by atoms with Crippen molar-refractivity contribution in [2.24, 2.45) is 0 Å². The van der Waals surface area contributed by atoms with Crippen LogP contribution in [0.25, 0.3) is 5.69 Å². The van der Waals surface area contributed by atoms with Gasteiger partial charge in [0.25, 0.3) is 0 Å². The van der Waals surface area contributed by atoms with Crippen molar-refractivity contribution in [2.75, 3.05) is 19.0 Å². The molecule has 7 heteroatoms. The van der Waals surface area contributed by atoms with Crippen molar-refractivity contribution in [2.45, 2.75) is 32.6 Å². The van der Waals surface area contributed by atoms with Gasteiger partial charge in [0.15, 0.2) is 11.5 Å². The third-order valence-electron chi connectivity index (χ3n) is 5.34. The number of carbonyl (C=O) groups excluding carboxylic acids is 1. The number of nitrogens with one attached hydrogen (secondary N) is 1. The zero-order valence-electron chi connectivity index (χ0n) is 17.2. The van der Waals surface area contributed by atoms with Gasteiger partial charge in [-0.15, -0.1) is 0 Å². The molecule has 0 bridgehead atoms. The minimum atomic E-state index is -0.129. The van der Waals surface area contributed by atoms with Crippen molar-refractivity contribution in [1.82, 2.24) is 9.78 Å². The van der Waals surface area contributed by atoms with E-state index in [1.54, 1.807) is 11.8 Å². The van der Waals surface area contributed by atoms with E-state index in [-0.39, 0.29) is 11.8 Å². The van der Waals surface area contributed by atoms with Crippen LogP contribution in [-0.2, 0) is 4.79 Å². The molecule has 0 saturated carbocycles. The van der Waals surface area contributed by atoms with E-state index in [9.17, 15) is 4.79 Å². The van der Waals surface area contributed by atoms with Crippen molar-refractivity contribution < 1.29 is 14.3 Å². The van der Waals surface area contributed by atoms with Gasteiger partial charge in [0.1, 0.15) is 5.82 Å². The van der Waals surface area contributed by atoms with Gasteiger partial charge in [-0.25, -0.2) is 4.68 Å². The number of halogens is 1. The minimum absolute atomic E-state index is 0.0563. The lowest BCUT2D eigenvalue weighted by Gasteiger charge is -2.25. The number of ether oxygens (including phenoxy) is 2. The lowest BCUT2D eigenvalue weighted by atomic mass is 9.87. The molecular weight excluding hydrogens is 402 g/mol. The molecule has 1 unspecified atom stereocenters. The largest absolute Gasteiger partial charge is 0.493 e. The van der Waals surface area contributed by atoms with Crippen molar-refractivity contribution in [3.63, 3.8) is 0 Å². The van der Waals surface area contributed by atoms with Gasteiger partial charge < -0.3 is 14.8 Å². The molecule has 3 aromatic rings. The van der Waals surface area contributed by atoms with E-state index >= 15 is 0 Å². The first-order valence-electron chi connectivity index (χ1n) is 9.97. The molecular formula is C23H24ClN3O3. The number of hydrogen-bond acceptors (Lipinski definition) is 4. The number of carbonyl (C=O) groups is 1. The summed E-state index contributed by atoms with van der Waals surface area (Å²) >= 11 is 6.30. The van der Waals surface area contributed by atoms with Gasteiger partial charge in [-0.05, 0) is 48.7 Å². The molecule has 4 rings (SSSR count). The standard InChI is InChI=1S/C23H24ClN3O3/c1-4-10-30-20-9-8-15(11-21(20)29-3)16-12-22(28)26-23-17(16)13-25-27(23)19-7-5-6-18(24)14(19)2/h5-9,11,13,16H,4,10,12H2,1-3H3,(H,26,28). The van der Waals surface area contributed by atoms with Crippen LogP contribution in [0.4, 0.5) is 5.82 Å². The summed E-state index contributed by atoms with van der Waals surface area (Å²) in [6.07, 6.45) is 3.07. The van der Waals surface area contributed by atoms with E-state index in [4.69, 9.17) is 21.1 Å². The number of amides is 1. The third-order valence-corrected chi connectivity index (χ3v) is 5.75. The summed E-state index contributed by atoms with van der Waals surface area (Å²) in [6.45, 7) is 4.62. The number of anilines is 1. The van der Waals surface area contributed by atoms with Crippen LogP contribution in [0.3, 0.4) is 0 Å². The van der Waals surface area contributed by atoms with Crippen molar-refractivity contribution in [3.8, 4) is 17.2 Å². The van der Waals surface area contributed by atoms with Crippen molar-refractivity contribution in [1.29, 1.82) is 0 Å². The van der Waals surface area contributed by atoms with Crippen LogP contribution in [-0.4, -0.2) is 29.4 Å². The molecule has 0 saturated heterocycles. The molecule has 1 aliphatic rings. The summed E-state index contributed by atoms with van der Waals surface area (Å²) < 4.78 is 13.0. The number of fused-ring (bicyclic) bond motifs is 1. The van der Waals surface area contributed by atoms with Crippen LogP contribution >= 0.6 is 11.6 Å². The van der Waals surface area contributed by atoms with Gasteiger partial charge in [-0.3, -0.25) is 4.79 Å². The highest BCUT2D eigenvalue weighted by molar-refractivity contribution is 6.31. The molecule has 156 valence electrons. The normalized spacial score (nSPS) is 15.5. The fourth-order valence-corrected chi connectivity index (χ4v) is 3.93. The Morgan fingerprint density at radius 1 is 1.27 bits per heavy atom. The maximum Gasteiger partial charge on any atom is 0.226 e. The molecule has 30 heavy (non-hydrogen) atoms. The lowest BCUT2D eigenvalue weighted by Crippen LogP contribution is -2.24. The predicted octanol–water partition coefficient (Wildman–Crippen LogP) is 5.11. The third kappa shape index (κ3) is 3.63. The summed E-state index contributed by atoms with van der Waals surface area (Å²) in [7, 11) is 1.62. The maximum atomic E-state index is 12.6. The summed E-state index contributed by atoms with van der Waals surface area (Å²) in [5, 5.41) is 8.21. The zero-order chi connectivity index (χ0) is 21.3. The first kappa shape index (κ1) is 20.3. The molecule has 2 heterocycles. The Balaban J connectivity index is 1.76. The number of aromatic nitrogens is 2. The molecule has 0 spiro atoms. The van der Waals surface area contributed by atoms with Crippen LogP contribution in [0.5, 0.6) is 11.5 Å². The fourth-order valence-electron chi connectivity index (χ4n) is 3.76. The van der Waals surface area contributed by atoms with Gasteiger partial charge >= 0.3 is 0 Å². The van der Waals surface area contributed by atoms with Crippen molar-refractivity contribution >= 4 is 23.3 Å². The monoisotopic (exact) mass is 425 g/mol. The van der Waals surface area contributed by atoms with Gasteiger partial charge in [0.05, 0.1) is 25.6 Å². The van der Waals surface area contributed by atoms with Gasteiger partial charge in [-0.2, -0.15) is 5.10 Å². The zero-order valence-corrected chi connectivity index (χ0v) is 18.0. The predicted molar refractivity (Wildman–Crippen MR) is 117 cm³/mol. The van der Waals surface area contributed by atoms with Crippen LogP contribution in [0.1, 0.15) is 42.4 Å². The SMILES string of the molecule is CCCOc1ccc(C2CC(=O)Nc3c2cnn3-c2cccc(Cl)c2C)cc1OC. The van der Waals surface area contributed by atoms with E-state index in [1.807, 2.05) is 49.5 Å². The first-order chi connectivity index (χ1) is 14.5. The van der Waals surface area contributed by atoms with Crippen molar-refractivity contribution in [3.05, 3.63) is 64.3 Å². The summed E-state index contributed by atoms with van der Waals surface area (Å²) in [6, 6.07) is 11.5. The highest BCUT2D eigenvalue weighted by Crippen LogP contribution is 2.41. The smallest absolute Gasteiger partial charge is 0.226 e. The van der Waals surface area contributed by atoms with E-state index in [0.717, 1.165) is 28.8 Å². The lowest BCUT2D eigenvalue weighted by molar-refractivity contribution is -0.116. The Morgan fingerprint density at radius 2 is 2.10 bits per heavy atom. The van der Waals surface area contributed by atoms with Gasteiger partial charge in [0.2, 0.25) is 5.91 Å². The Kier molecular flexibility index (Phi) is 5.68. The summed E-state index contributed by atoms with van der Waals surface area (Å²) in [5.74, 6) is 1.85. The fraction of sp³-hybridized carbons (Fsp3) is 0.304. The number of hydrogen-bond donors (Lipinski definition) is 1. The Labute approximate surface area is 180 Å². The quantitative estimate of drug-likeness (QED) is 0.596.